The number of piperidine rings is 1. The van der Waals surface area contributed by atoms with Crippen LogP contribution < -0.4 is 5.32 Å². The molecule has 4 heteroatoms. The second kappa shape index (κ2) is 8.80. The van der Waals surface area contributed by atoms with Crippen molar-refractivity contribution < 1.29 is 0 Å². The Kier molecular flexibility index (Phi) is 5.58. The lowest BCUT2D eigenvalue weighted by atomic mass is 9.93. The predicted octanol–water partition coefficient (Wildman–Crippen LogP) is 5.50. The van der Waals surface area contributed by atoms with Crippen molar-refractivity contribution in [2.75, 3.05) is 25.0 Å². The molecule has 152 valence electrons. The average Bonchev–Trinajstić information content (AvgIpc) is 2.81. The highest BCUT2D eigenvalue weighted by Crippen LogP contribution is 2.25. The summed E-state index contributed by atoms with van der Waals surface area (Å²) in [5.74, 6) is 1.67. The molecule has 3 aromatic carbocycles. The second-order valence-electron chi connectivity index (χ2n) is 8.37. The molecule has 2 heterocycles. The van der Waals surface area contributed by atoms with E-state index in [2.05, 4.69) is 93.2 Å². The number of nitrogens with zero attached hydrogens (tertiary/aromatic N) is 3. The molecule has 0 saturated carbocycles. The molecule has 0 radical (unpaired) electrons. The lowest BCUT2D eigenvalue weighted by Crippen LogP contribution is -2.33. The van der Waals surface area contributed by atoms with Gasteiger partial charge in [0.1, 0.15) is 11.3 Å². The highest BCUT2D eigenvalue weighted by Gasteiger charge is 2.19. The summed E-state index contributed by atoms with van der Waals surface area (Å²) in [6.45, 7) is 4.43. The number of hydrogen-bond donors (Lipinski definition) is 1. The smallest absolute Gasteiger partial charge is 0.149 e. The van der Waals surface area contributed by atoms with Crippen LogP contribution in [0.5, 0.6) is 0 Å². The van der Waals surface area contributed by atoms with E-state index in [0.29, 0.717) is 0 Å². The van der Waals surface area contributed by atoms with Crippen LogP contribution in [-0.4, -0.2) is 34.7 Å². The Labute approximate surface area is 177 Å². The van der Waals surface area contributed by atoms with Gasteiger partial charge >= 0.3 is 0 Å². The molecule has 4 nitrogen and oxygen atoms in total. The van der Waals surface area contributed by atoms with Gasteiger partial charge in [-0.05, 0) is 55.3 Å². The first-order valence-electron chi connectivity index (χ1n) is 11.0. The van der Waals surface area contributed by atoms with Crippen LogP contribution in [0, 0.1) is 5.92 Å². The number of hydrogen-bond acceptors (Lipinski definition) is 4. The number of aromatic nitrogens is 2. The van der Waals surface area contributed by atoms with Crippen LogP contribution in [0.2, 0.25) is 0 Å². The molecular weight excluding hydrogens is 368 g/mol. The first-order chi connectivity index (χ1) is 14.8. The van der Waals surface area contributed by atoms with Gasteiger partial charge in [0, 0.05) is 23.9 Å². The molecule has 1 aliphatic rings. The van der Waals surface area contributed by atoms with Gasteiger partial charge in [-0.1, -0.05) is 66.7 Å². The molecule has 30 heavy (non-hydrogen) atoms. The van der Waals surface area contributed by atoms with Crippen LogP contribution in [0.4, 0.5) is 5.82 Å². The highest BCUT2D eigenvalue weighted by atomic mass is 15.2. The van der Waals surface area contributed by atoms with Crippen LogP contribution >= 0.6 is 0 Å². The van der Waals surface area contributed by atoms with E-state index < -0.39 is 0 Å². The van der Waals surface area contributed by atoms with E-state index in [1.165, 1.54) is 43.3 Å². The first-order valence-corrected chi connectivity index (χ1v) is 11.0. The van der Waals surface area contributed by atoms with Gasteiger partial charge in [-0.2, -0.15) is 0 Å². The third-order valence-electron chi connectivity index (χ3n) is 6.30. The van der Waals surface area contributed by atoms with E-state index >= 15 is 0 Å². The summed E-state index contributed by atoms with van der Waals surface area (Å²) in [6, 6.07) is 25.6. The molecule has 4 aromatic rings. The molecule has 1 saturated heterocycles. The molecule has 0 amide bonds. The van der Waals surface area contributed by atoms with Crippen molar-refractivity contribution in [2.45, 2.75) is 25.8 Å². The Bertz CT molecular complexity index is 1120. The lowest BCUT2D eigenvalue weighted by molar-refractivity contribution is 0.174. The van der Waals surface area contributed by atoms with Crippen LogP contribution in [0.15, 0.2) is 72.8 Å². The Morgan fingerprint density at radius 1 is 0.833 bits per heavy atom. The van der Waals surface area contributed by atoms with Crippen LogP contribution in [0.1, 0.15) is 24.8 Å². The minimum Gasteiger partial charge on any atom is -0.369 e. The lowest BCUT2D eigenvalue weighted by Gasteiger charge is -2.32. The molecule has 1 N–H and O–H groups in total. The van der Waals surface area contributed by atoms with Crippen LogP contribution in [0.25, 0.3) is 21.7 Å². The molecule has 0 spiro atoms. The van der Waals surface area contributed by atoms with Crippen molar-refractivity contribution in [3.05, 3.63) is 78.4 Å². The van der Waals surface area contributed by atoms with Crippen molar-refractivity contribution in [3.8, 4) is 0 Å². The largest absolute Gasteiger partial charge is 0.369 e. The normalized spacial score (nSPS) is 15.6. The maximum atomic E-state index is 4.51. The van der Waals surface area contributed by atoms with Crippen LogP contribution in [-0.2, 0) is 6.54 Å². The number of likely N-dealkylation sites (tertiary alicyclic amines) is 1. The SMILES string of the molecule is c1ccc(CN2CCC(CCNc3cc4ccc5ccccc5c4nn3)CC2)cc1. The van der Waals surface area contributed by atoms with E-state index in [1.807, 2.05) is 0 Å². The van der Waals surface area contributed by atoms with E-state index in [0.717, 1.165) is 41.1 Å². The minimum absolute atomic E-state index is 0.793. The van der Waals surface area contributed by atoms with E-state index in [1.54, 1.807) is 0 Å². The summed E-state index contributed by atoms with van der Waals surface area (Å²) in [6.07, 6.45) is 3.75. The van der Waals surface area contributed by atoms with Crippen LogP contribution in [0.3, 0.4) is 0 Å². The monoisotopic (exact) mass is 396 g/mol. The molecule has 0 atom stereocenters. The first kappa shape index (κ1) is 19.0. The zero-order valence-electron chi connectivity index (χ0n) is 17.3. The molecule has 0 bridgehead atoms. The number of rotatable bonds is 6. The van der Waals surface area contributed by atoms with Gasteiger partial charge in [0.15, 0.2) is 0 Å². The molecular formula is C26H28N4. The van der Waals surface area contributed by atoms with Crippen molar-refractivity contribution in [1.82, 2.24) is 15.1 Å². The Morgan fingerprint density at radius 2 is 1.60 bits per heavy atom. The zero-order valence-corrected chi connectivity index (χ0v) is 17.3. The Hall–Kier alpha value is -2.98. The number of anilines is 1. The molecule has 0 unspecified atom stereocenters. The third kappa shape index (κ3) is 4.29. The van der Waals surface area contributed by atoms with Gasteiger partial charge < -0.3 is 5.32 Å². The van der Waals surface area contributed by atoms with Gasteiger partial charge in [0.05, 0.1) is 0 Å². The summed E-state index contributed by atoms with van der Waals surface area (Å²) in [5, 5.41) is 15.9. The second-order valence-corrected chi connectivity index (χ2v) is 8.37. The fourth-order valence-electron chi connectivity index (χ4n) is 4.55. The van der Waals surface area contributed by atoms with E-state index in [4.69, 9.17) is 0 Å². The summed E-state index contributed by atoms with van der Waals surface area (Å²) in [4.78, 5) is 2.58. The fourth-order valence-corrected chi connectivity index (χ4v) is 4.55. The summed E-state index contributed by atoms with van der Waals surface area (Å²) >= 11 is 0. The number of fused-ring (bicyclic) bond motifs is 3. The quantitative estimate of drug-likeness (QED) is 0.437. The molecule has 1 aliphatic heterocycles. The maximum Gasteiger partial charge on any atom is 0.149 e. The summed E-state index contributed by atoms with van der Waals surface area (Å²) in [5.41, 5.74) is 2.39. The number of nitrogens with one attached hydrogen (secondary N) is 1. The van der Waals surface area contributed by atoms with Crippen molar-refractivity contribution in [1.29, 1.82) is 0 Å². The van der Waals surface area contributed by atoms with Crippen molar-refractivity contribution in [2.24, 2.45) is 5.92 Å². The van der Waals surface area contributed by atoms with Crippen molar-refractivity contribution in [3.63, 3.8) is 0 Å². The maximum absolute atomic E-state index is 4.51. The summed E-state index contributed by atoms with van der Waals surface area (Å²) < 4.78 is 0. The predicted molar refractivity (Wildman–Crippen MR) is 125 cm³/mol. The fraction of sp³-hybridized carbons (Fsp3) is 0.308. The van der Waals surface area contributed by atoms with Gasteiger partial charge in [0.25, 0.3) is 0 Å². The van der Waals surface area contributed by atoms with Gasteiger partial charge in [-0.25, -0.2) is 0 Å². The molecule has 5 rings (SSSR count). The molecule has 1 fully saturated rings. The van der Waals surface area contributed by atoms with Gasteiger partial charge in [-0.3, -0.25) is 4.90 Å². The van der Waals surface area contributed by atoms with Gasteiger partial charge in [0.2, 0.25) is 0 Å². The third-order valence-corrected chi connectivity index (χ3v) is 6.30. The minimum atomic E-state index is 0.793. The zero-order chi connectivity index (χ0) is 20.2. The standard InChI is InChI=1S/C26H28N4/c1-2-6-21(7-3-1)19-30-16-13-20(14-17-30)12-15-27-25-18-23-11-10-22-8-4-5-9-24(22)26(23)29-28-25/h1-11,18,20H,12-17,19H2,(H,27,28). The highest BCUT2D eigenvalue weighted by molar-refractivity contribution is 6.05. The topological polar surface area (TPSA) is 41.0 Å². The summed E-state index contributed by atoms with van der Waals surface area (Å²) in [7, 11) is 0. The van der Waals surface area contributed by atoms with Gasteiger partial charge in [-0.15, -0.1) is 10.2 Å². The van der Waals surface area contributed by atoms with Crippen molar-refractivity contribution >= 4 is 27.5 Å². The Morgan fingerprint density at radius 3 is 2.47 bits per heavy atom. The van der Waals surface area contributed by atoms with E-state index in [9.17, 15) is 0 Å². The molecule has 1 aromatic heterocycles. The number of benzene rings is 3. The molecule has 0 aliphatic carbocycles. The van der Waals surface area contributed by atoms with E-state index in [-0.39, 0.29) is 0 Å². The average molecular weight is 397 g/mol. The Balaban J connectivity index is 1.13.